The minimum atomic E-state index is -0.204. The fourth-order valence-electron chi connectivity index (χ4n) is 3.29. The summed E-state index contributed by atoms with van der Waals surface area (Å²) in [6.45, 7) is 3.51. The second kappa shape index (κ2) is 1.45. The van der Waals surface area contributed by atoms with E-state index in [9.17, 15) is 0 Å². The fourth-order valence-corrected chi connectivity index (χ4v) is 3.29. The first-order chi connectivity index (χ1) is 5.29. The summed E-state index contributed by atoms with van der Waals surface area (Å²) in [5, 5.41) is 8.73. The summed E-state index contributed by atoms with van der Waals surface area (Å²) in [5.74, 6) is 1.55. The van der Waals surface area contributed by atoms with E-state index in [4.69, 9.17) is 11.0 Å². The molecule has 4 fully saturated rings. The molecule has 0 aromatic carbocycles. The van der Waals surface area contributed by atoms with Gasteiger partial charge in [0.25, 0.3) is 0 Å². The average Bonchev–Trinajstić information content (AvgIpc) is 2.57. The predicted octanol–water partition coefficient (Wildman–Crippen LogP) is -0.601. The highest BCUT2D eigenvalue weighted by Crippen LogP contribution is 2.69. The van der Waals surface area contributed by atoms with Crippen LogP contribution in [0.3, 0.4) is 0 Å². The van der Waals surface area contributed by atoms with Crippen LogP contribution in [-0.2, 0) is 0 Å². The van der Waals surface area contributed by atoms with Crippen LogP contribution in [0.15, 0.2) is 0 Å². The molecule has 4 bridgehead atoms. The van der Waals surface area contributed by atoms with Gasteiger partial charge >= 0.3 is 0 Å². The summed E-state index contributed by atoms with van der Waals surface area (Å²) in [6.07, 6.45) is 0. The zero-order valence-electron chi connectivity index (χ0n) is 6.33. The molecule has 1 aliphatic carbocycles. The van der Waals surface area contributed by atoms with Crippen LogP contribution in [-0.4, -0.2) is 30.6 Å². The Kier molecular flexibility index (Phi) is 0.790. The highest BCUT2D eigenvalue weighted by molar-refractivity contribution is 5.30. The lowest BCUT2D eigenvalue weighted by Crippen LogP contribution is -2.33. The SMILES string of the molecule is N#CC(N)C12CN3C[C@@H]1[C@@H]2C3. The number of nitrogens with two attached hydrogens (primary N) is 1. The van der Waals surface area contributed by atoms with E-state index >= 15 is 0 Å². The molecule has 5 atom stereocenters. The van der Waals surface area contributed by atoms with E-state index in [2.05, 4.69) is 11.0 Å². The largest absolute Gasteiger partial charge is 0.315 e. The van der Waals surface area contributed by atoms with Crippen molar-refractivity contribution < 1.29 is 0 Å². The van der Waals surface area contributed by atoms with Crippen LogP contribution < -0.4 is 5.73 Å². The Bertz CT molecular complexity index is 243. The van der Waals surface area contributed by atoms with Crippen LogP contribution in [0.2, 0.25) is 0 Å². The third kappa shape index (κ3) is 0.436. The molecule has 0 radical (unpaired) electrons. The summed E-state index contributed by atoms with van der Waals surface area (Å²) in [7, 11) is 0. The van der Waals surface area contributed by atoms with E-state index in [0.29, 0.717) is 0 Å². The van der Waals surface area contributed by atoms with Crippen molar-refractivity contribution in [2.24, 2.45) is 23.0 Å². The van der Waals surface area contributed by atoms with Gasteiger partial charge in [-0.25, -0.2) is 0 Å². The standard InChI is InChI=1S/C8H11N3/c9-1-7(10)8-4-11-2-5(8)6(8)3-11/h5-7H,2-4,10H2/t5-,6+,7?,8?. The lowest BCUT2D eigenvalue weighted by molar-refractivity contribution is 0.386. The number of nitrogens with zero attached hydrogens (tertiary/aromatic N) is 2. The van der Waals surface area contributed by atoms with Gasteiger partial charge in [-0.05, 0) is 11.8 Å². The van der Waals surface area contributed by atoms with Crippen molar-refractivity contribution in [2.75, 3.05) is 19.6 Å². The van der Waals surface area contributed by atoms with Gasteiger partial charge in [-0.2, -0.15) is 5.26 Å². The zero-order chi connectivity index (χ0) is 7.64. The molecule has 3 saturated heterocycles. The van der Waals surface area contributed by atoms with Gasteiger partial charge in [0.1, 0.15) is 6.04 Å². The van der Waals surface area contributed by atoms with Gasteiger partial charge in [0, 0.05) is 25.0 Å². The van der Waals surface area contributed by atoms with E-state index in [1.54, 1.807) is 0 Å². The Morgan fingerprint density at radius 3 is 2.55 bits per heavy atom. The van der Waals surface area contributed by atoms with Gasteiger partial charge in [-0.1, -0.05) is 0 Å². The van der Waals surface area contributed by atoms with E-state index in [1.165, 1.54) is 13.1 Å². The molecule has 58 valence electrons. The van der Waals surface area contributed by atoms with Gasteiger partial charge in [0.2, 0.25) is 0 Å². The summed E-state index contributed by atoms with van der Waals surface area (Å²) in [6, 6.07) is 1.99. The topological polar surface area (TPSA) is 53.1 Å². The van der Waals surface area contributed by atoms with E-state index in [0.717, 1.165) is 18.4 Å². The van der Waals surface area contributed by atoms with Crippen LogP contribution in [0.4, 0.5) is 0 Å². The molecule has 3 aliphatic heterocycles. The Hall–Kier alpha value is -0.590. The molecular weight excluding hydrogens is 138 g/mol. The van der Waals surface area contributed by atoms with Crippen LogP contribution in [0.25, 0.3) is 0 Å². The molecule has 2 N–H and O–H groups in total. The molecule has 0 aromatic rings. The number of hydrogen-bond donors (Lipinski definition) is 1. The van der Waals surface area contributed by atoms with Crippen molar-refractivity contribution in [3.63, 3.8) is 0 Å². The van der Waals surface area contributed by atoms with Gasteiger partial charge < -0.3 is 10.6 Å². The summed E-state index contributed by atoms with van der Waals surface area (Å²) < 4.78 is 0. The Morgan fingerprint density at radius 1 is 1.55 bits per heavy atom. The normalized spacial score (nSPS) is 59.1. The first-order valence-corrected chi connectivity index (χ1v) is 4.16. The molecule has 0 spiro atoms. The van der Waals surface area contributed by atoms with Gasteiger partial charge in [0.05, 0.1) is 6.07 Å². The molecule has 0 aromatic heterocycles. The van der Waals surface area contributed by atoms with Crippen LogP contribution >= 0.6 is 0 Å². The highest BCUT2D eigenvalue weighted by Gasteiger charge is 2.76. The smallest absolute Gasteiger partial charge is 0.100 e. The molecule has 1 saturated carbocycles. The number of hydrogen-bond acceptors (Lipinski definition) is 3. The summed E-state index contributed by atoms with van der Waals surface area (Å²) >= 11 is 0. The van der Waals surface area contributed by atoms with Crippen molar-refractivity contribution in [1.82, 2.24) is 4.90 Å². The second-order valence-electron chi connectivity index (χ2n) is 4.13. The molecule has 3 heteroatoms. The van der Waals surface area contributed by atoms with E-state index in [-0.39, 0.29) is 11.5 Å². The number of nitriles is 1. The van der Waals surface area contributed by atoms with Crippen molar-refractivity contribution in [3.05, 3.63) is 0 Å². The first-order valence-electron chi connectivity index (χ1n) is 4.16. The Morgan fingerprint density at radius 2 is 2.18 bits per heavy atom. The van der Waals surface area contributed by atoms with Crippen LogP contribution in [0.1, 0.15) is 0 Å². The maximum Gasteiger partial charge on any atom is 0.100 e. The van der Waals surface area contributed by atoms with Gasteiger partial charge in [-0.15, -0.1) is 0 Å². The molecule has 3 nitrogen and oxygen atoms in total. The van der Waals surface area contributed by atoms with Gasteiger partial charge in [0.15, 0.2) is 0 Å². The maximum absolute atomic E-state index is 8.73. The average molecular weight is 149 g/mol. The molecular formula is C8H11N3. The third-order valence-electron chi connectivity index (χ3n) is 3.88. The van der Waals surface area contributed by atoms with Gasteiger partial charge in [-0.3, -0.25) is 0 Å². The van der Waals surface area contributed by atoms with Crippen molar-refractivity contribution in [3.8, 4) is 6.07 Å². The zero-order valence-corrected chi connectivity index (χ0v) is 6.33. The number of rotatable bonds is 1. The Labute approximate surface area is 65.8 Å². The van der Waals surface area contributed by atoms with Crippen molar-refractivity contribution >= 4 is 0 Å². The van der Waals surface area contributed by atoms with Crippen molar-refractivity contribution in [1.29, 1.82) is 5.26 Å². The highest BCUT2D eigenvalue weighted by atomic mass is 15.3. The lowest BCUT2D eigenvalue weighted by atomic mass is 9.96. The minimum absolute atomic E-state index is 0.204. The predicted molar refractivity (Wildman–Crippen MR) is 39.4 cm³/mol. The molecule has 0 amide bonds. The second-order valence-corrected chi connectivity index (χ2v) is 4.13. The molecule has 3 unspecified atom stereocenters. The minimum Gasteiger partial charge on any atom is -0.315 e. The molecule has 4 aliphatic rings. The summed E-state index contributed by atoms with van der Waals surface area (Å²) in [5.41, 5.74) is 6.03. The van der Waals surface area contributed by atoms with Crippen LogP contribution in [0, 0.1) is 28.6 Å². The van der Waals surface area contributed by atoms with Crippen LogP contribution in [0.5, 0.6) is 0 Å². The molecule has 11 heavy (non-hydrogen) atoms. The quantitative estimate of drug-likeness (QED) is 0.541. The van der Waals surface area contributed by atoms with E-state index < -0.39 is 0 Å². The Balaban J connectivity index is 1.96. The lowest BCUT2D eigenvalue weighted by Gasteiger charge is -2.12. The third-order valence-corrected chi connectivity index (χ3v) is 3.88. The monoisotopic (exact) mass is 149 g/mol. The molecule has 4 rings (SSSR count). The first kappa shape index (κ1) is 5.99. The maximum atomic E-state index is 8.73. The molecule has 3 heterocycles. The number of piperidine rings is 3. The fraction of sp³-hybridized carbons (Fsp3) is 0.875. The summed E-state index contributed by atoms with van der Waals surface area (Å²) in [4.78, 5) is 2.44. The van der Waals surface area contributed by atoms with E-state index in [1.807, 2.05) is 0 Å². The van der Waals surface area contributed by atoms with Crippen molar-refractivity contribution in [2.45, 2.75) is 6.04 Å².